The fourth-order valence-electron chi connectivity index (χ4n) is 4.42. The molecule has 0 aliphatic carbocycles. The number of nitrogens with one attached hydrogen (secondary N) is 2. The summed E-state index contributed by atoms with van der Waals surface area (Å²) in [5, 5.41) is 4.75. The lowest BCUT2D eigenvalue weighted by molar-refractivity contribution is -0.329. The maximum absolute atomic E-state index is 6.23. The molecule has 2 aliphatic rings. The van der Waals surface area contributed by atoms with Crippen molar-refractivity contribution in [3.05, 3.63) is 17.5 Å². The van der Waals surface area contributed by atoms with E-state index in [0.717, 1.165) is 68.1 Å². The predicted molar refractivity (Wildman–Crippen MR) is 120 cm³/mol. The Bertz CT molecular complexity index is 1070. The number of morpholine rings is 1. The average molecular weight is 429 g/mol. The summed E-state index contributed by atoms with van der Waals surface area (Å²) in [5.41, 5.74) is 3.49. The van der Waals surface area contributed by atoms with Gasteiger partial charge in [-0.15, -0.1) is 0 Å². The first-order valence-electron chi connectivity index (χ1n) is 10.9. The first kappa shape index (κ1) is 19.9. The van der Waals surface area contributed by atoms with Gasteiger partial charge in [-0.1, -0.05) is 24.7 Å². The molecule has 1 fully saturated rings. The zero-order valence-electron chi connectivity index (χ0n) is 18.0. The van der Waals surface area contributed by atoms with Crippen LogP contribution in [0, 0.1) is 0 Å². The molecule has 0 unspecified atom stereocenters. The van der Waals surface area contributed by atoms with Crippen LogP contribution in [0.4, 0.5) is 11.6 Å². The van der Waals surface area contributed by atoms with Crippen LogP contribution in [0.1, 0.15) is 44.7 Å². The summed E-state index contributed by atoms with van der Waals surface area (Å²) in [6, 6.07) is 0. The number of hydrogen-bond acceptors (Lipinski definition) is 7. The lowest BCUT2D eigenvalue weighted by Gasteiger charge is -2.33. The van der Waals surface area contributed by atoms with Crippen molar-refractivity contribution >= 4 is 43.4 Å². The minimum Gasteiger partial charge on any atom is -0.373 e. The normalized spacial score (nSPS) is 18.7. The third-order valence-corrected chi connectivity index (χ3v) is 7.12. The van der Waals surface area contributed by atoms with Crippen molar-refractivity contribution in [3.8, 4) is 0 Å². The van der Waals surface area contributed by atoms with E-state index in [-0.39, 0.29) is 5.60 Å². The maximum atomic E-state index is 6.23. The quantitative estimate of drug-likeness (QED) is 0.627. The van der Waals surface area contributed by atoms with Crippen molar-refractivity contribution in [1.82, 2.24) is 9.97 Å². The number of thiophene rings is 1. The molecule has 0 radical (unpaired) electrons. The molecule has 0 bridgehead atoms. The number of anilines is 2. The third-order valence-electron chi connectivity index (χ3n) is 6.02. The second-order valence-corrected chi connectivity index (χ2v) is 9.76. The molecule has 0 atom stereocenters. The summed E-state index contributed by atoms with van der Waals surface area (Å²) >= 11 is 1.76. The highest BCUT2D eigenvalue weighted by Crippen LogP contribution is 2.42. The van der Waals surface area contributed by atoms with Crippen molar-refractivity contribution in [2.24, 2.45) is 0 Å². The van der Waals surface area contributed by atoms with Gasteiger partial charge >= 0.3 is 0 Å². The molecule has 0 spiro atoms. The largest absolute Gasteiger partial charge is 0.373 e. The second-order valence-electron chi connectivity index (χ2n) is 8.74. The van der Waals surface area contributed by atoms with Crippen molar-refractivity contribution in [2.45, 2.75) is 52.2 Å². The van der Waals surface area contributed by atoms with E-state index in [4.69, 9.17) is 14.5 Å². The van der Waals surface area contributed by atoms with E-state index in [1.54, 1.807) is 17.7 Å². The molecule has 7 nitrogen and oxygen atoms in total. The highest BCUT2D eigenvalue weighted by atomic mass is 32.1. The molecular formula is C22H30N5O2S+. The van der Waals surface area contributed by atoms with E-state index < -0.39 is 0 Å². The molecule has 8 heteroatoms. The molecule has 3 aromatic heterocycles. The summed E-state index contributed by atoms with van der Waals surface area (Å²) in [4.78, 5) is 16.6. The number of unbranched alkanes of at least 4 members (excludes halogenated alkanes) is 1. The molecule has 0 amide bonds. The molecule has 5 heterocycles. The smallest absolute Gasteiger partial charge is 0.281 e. The van der Waals surface area contributed by atoms with Gasteiger partial charge in [0.05, 0.1) is 41.9 Å². The minimum absolute atomic E-state index is 0.187. The number of rotatable bonds is 5. The highest BCUT2D eigenvalue weighted by molar-refractivity contribution is 7.25. The van der Waals surface area contributed by atoms with Crippen LogP contribution in [-0.4, -0.2) is 48.4 Å². The number of H-pyrrole nitrogens is 1. The van der Waals surface area contributed by atoms with Gasteiger partial charge in [0.25, 0.3) is 5.82 Å². The molecule has 2 N–H and O–H groups in total. The monoisotopic (exact) mass is 428 g/mol. The Labute approximate surface area is 180 Å². The molecule has 30 heavy (non-hydrogen) atoms. The van der Waals surface area contributed by atoms with Crippen LogP contribution in [0.5, 0.6) is 0 Å². The fraction of sp³-hybridized carbons (Fsp3) is 0.591. The Morgan fingerprint density at radius 3 is 2.87 bits per heavy atom. The first-order chi connectivity index (χ1) is 14.6. The van der Waals surface area contributed by atoms with Crippen molar-refractivity contribution in [3.63, 3.8) is 0 Å². The summed E-state index contributed by atoms with van der Waals surface area (Å²) in [5.74, 6) is 2.12. The fourth-order valence-corrected chi connectivity index (χ4v) is 5.56. The van der Waals surface area contributed by atoms with E-state index in [1.165, 1.54) is 27.2 Å². The Kier molecular flexibility index (Phi) is 5.24. The zero-order valence-corrected chi connectivity index (χ0v) is 18.8. The van der Waals surface area contributed by atoms with Gasteiger partial charge in [-0.3, -0.25) is 4.90 Å². The van der Waals surface area contributed by atoms with Crippen LogP contribution >= 0.6 is 11.3 Å². The second kappa shape index (κ2) is 7.90. The van der Waals surface area contributed by atoms with Crippen LogP contribution in [0.3, 0.4) is 0 Å². The van der Waals surface area contributed by atoms with Gasteiger partial charge in [0, 0.05) is 13.0 Å². The number of aromatic nitrogens is 3. The molecule has 2 aliphatic heterocycles. The topological polar surface area (TPSA) is 73.7 Å². The van der Waals surface area contributed by atoms with Crippen LogP contribution in [0.15, 0.2) is 6.33 Å². The molecule has 0 aromatic carbocycles. The van der Waals surface area contributed by atoms with Gasteiger partial charge in [0.15, 0.2) is 4.83 Å². The molecular weight excluding hydrogens is 398 g/mol. The van der Waals surface area contributed by atoms with E-state index in [2.05, 4.69) is 41.0 Å². The lowest BCUT2D eigenvalue weighted by Crippen LogP contribution is -2.42. The van der Waals surface area contributed by atoms with Gasteiger partial charge in [-0.2, -0.15) is 0 Å². The van der Waals surface area contributed by atoms with Crippen molar-refractivity contribution < 1.29 is 14.5 Å². The SMILES string of the molecule is CCCCNc1ncnc2c1sc1[nH+]c(N3CCOCC3)c3c(c12)CC(C)(C)OC3. The summed E-state index contributed by atoms with van der Waals surface area (Å²) < 4.78 is 12.9. The predicted octanol–water partition coefficient (Wildman–Crippen LogP) is 3.56. The highest BCUT2D eigenvalue weighted by Gasteiger charge is 2.36. The number of fused-ring (bicyclic) bond motifs is 5. The lowest BCUT2D eigenvalue weighted by atomic mass is 9.90. The van der Waals surface area contributed by atoms with Crippen LogP contribution < -0.4 is 15.2 Å². The molecule has 3 aromatic rings. The summed E-state index contributed by atoms with van der Waals surface area (Å²) in [6.45, 7) is 11.4. The van der Waals surface area contributed by atoms with E-state index in [0.29, 0.717) is 6.61 Å². The first-order valence-corrected chi connectivity index (χ1v) is 11.7. The molecule has 0 saturated carbocycles. The minimum atomic E-state index is -0.187. The number of ether oxygens (including phenoxy) is 2. The average Bonchev–Trinajstić information content (AvgIpc) is 3.13. The van der Waals surface area contributed by atoms with Crippen LogP contribution in [0.2, 0.25) is 0 Å². The van der Waals surface area contributed by atoms with Crippen LogP contribution in [0.25, 0.3) is 20.4 Å². The van der Waals surface area contributed by atoms with Crippen molar-refractivity contribution in [1.29, 1.82) is 0 Å². The Morgan fingerprint density at radius 2 is 2.07 bits per heavy atom. The van der Waals surface area contributed by atoms with Gasteiger partial charge in [0.2, 0.25) is 0 Å². The van der Waals surface area contributed by atoms with Crippen molar-refractivity contribution in [2.75, 3.05) is 43.1 Å². The number of hydrogen-bond donors (Lipinski definition) is 1. The zero-order chi connectivity index (χ0) is 20.7. The summed E-state index contributed by atoms with van der Waals surface area (Å²) in [7, 11) is 0. The molecule has 1 saturated heterocycles. The number of nitrogens with zero attached hydrogens (tertiary/aromatic N) is 3. The van der Waals surface area contributed by atoms with E-state index >= 15 is 0 Å². The van der Waals surface area contributed by atoms with Gasteiger partial charge in [-0.05, 0) is 25.8 Å². The molecule has 5 rings (SSSR count). The summed E-state index contributed by atoms with van der Waals surface area (Å²) in [6.07, 6.45) is 4.85. The Morgan fingerprint density at radius 1 is 1.23 bits per heavy atom. The maximum Gasteiger partial charge on any atom is 0.281 e. The Balaban J connectivity index is 1.70. The van der Waals surface area contributed by atoms with Gasteiger partial charge < -0.3 is 14.8 Å². The van der Waals surface area contributed by atoms with Gasteiger partial charge in [0.1, 0.15) is 29.9 Å². The number of aromatic amines is 1. The third kappa shape index (κ3) is 3.50. The van der Waals surface area contributed by atoms with E-state index in [9.17, 15) is 0 Å². The van der Waals surface area contributed by atoms with Gasteiger partial charge in [-0.25, -0.2) is 15.0 Å². The van der Waals surface area contributed by atoms with Crippen LogP contribution in [-0.2, 0) is 22.5 Å². The molecule has 160 valence electrons. The Hall–Kier alpha value is -2.03. The van der Waals surface area contributed by atoms with E-state index in [1.807, 2.05) is 0 Å². The number of pyridine rings is 1. The standard InChI is InChI=1S/C22H29N5O2S/c1-4-5-6-23-19-18-17(24-13-25-19)16-14-11-22(2,3)29-12-15(14)20(26-21(16)30-18)27-7-9-28-10-8-27/h13H,4-12H2,1-3H3,(H,23,24,25)/p+1.